The average molecular weight is 467 g/mol. The molecule has 2 aliphatic heterocycles. The summed E-state index contributed by atoms with van der Waals surface area (Å²) in [6, 6.07) is 0. The minimum atomic E-state index is -4.63. The molecule has 1 N–H and O–H groups in total. The molecule has 0 aliphatic carbocycles. The Balaban J connectivity index is 2.35. The van der Waals surface area contributed by atoms with E-state index in [9.17, 15) is 26.3 Å². The molecular weight excluding hydrogens is 439 g/mol. The maximum absolute atomic E-state index is 13.0. The topological polar surface area (TPSA) is 55.2 Å². The Bertz CT molecular complexity index is 817. The fourth-order valence-corrected chi connectivity index (χ4v) is 3.25. The minimum Gasteiger partial charge on any atom is -0.400 e. The van der Waals surface area contributed by atoms with Crippen molar-refractivity contribution in [1.82, 2.24) is 5.32 Å². The molecular formula is C20H28BF6N3O2. The molecule has 0 amide bonds. The van der Waals surface area contributed by atoms with Crippen LogP contribution in [-0.4, -0.2) is 48.9 Å². The van der Waals surface area contributed by atoms with Crippen LogP contribution in [0, 0.1) is 0 Å². The minimum absolute atomic E-state index is 0.0831. The fraction of sp³-hybridized carbons (Fsp3) is 0.700. The summed E-state index contributed by atoms with van der Waals surface area (Å²) in [5.74, 6) is -0.393. The summed E-state index contributed by atoms with van der Waals surface area (Å²) in [5, 5.41) is 2.51. The van der Waals surface area contributed by atoms with Gasteiger partial charge in [0.2, 0.25) is 5.96 Å². The van der Waals surface area contributed by atoms with Crippen LogP contribution in [0.25, 0.3) is 0 Å². The molecule has 1 fully saturated rings. The number of hydrogen-bond acceptors (Lipinski definition) is 5. The smallest absolute Gasteiger partial charge is 0.400 e. The van der Waals surface area contributed by atoms with Crippen LogP contribution in [0.1, 0.15) is 60.3 Å². The van der Waals surface area contributed by atoms with Gasteiger partial charge >= 0.3 is 19.5 Å². The van der Waals surface area contributed by atoms with E-state index < -0.39 is 48.8 Å². The fourth-order valence-electron chi connectivity index (χ4n) is 3.25. The average Bonchev–Trinajstić information content (AvgIpc) is 2.92. The van der Waals surface area contributed by atoms with E-state index in [1.165, 1.54) is 6.08 Å². The molecule has 0 aromatic carbocycles. The molecule has 1 unspecified atom stereocenters. The van der Waals surface area contributed by atoms with Crippen molar-refractivity contribution in [1.29, 1.82) is 0 Å². The molecule has 0 aromatic heterocycles. The zero-order chi connectivity index (χ0) is 24.4. The van der Waals surface area contributed by atoms with Gasteiger partial charge in [0.25, 0.3) is 0 Å². The summed E-state index contributed by atoms with van der Waals surface area (Å²) < 4.78 is 89.6. The SMILES string of the molecule is CC/C(=C\C(=C/CC(F)(F)F)NC1=NCCC(C(F)(F)F)=N1)B1OC(C)(C)C(C)(CC)O1. The van der Waals surface area contributed by atoms with Crippen molar-refractivity contribution >= 4 is 18.8 Å². The molecule has 0 bridgehead atoms. The first kappa shape index (κ1) is 26.4. The molecule has 0 saturated carbocycles. The monoisotopic (exact) mass is 467 g/mol. The van der Waals surface area contributed by atoms with Crippen LogP contribution in [0.4, 0.5) is 26.3 Å². The number of guanidine groups is 1. The zero-order valence-corrected chi connectivity index (χ0v) is 18.7. The summed E-state index contributed by atoms with van der Waals surface area (Å²) in [4.78, 5) is 7.32. The number of hydrogen-bond donors (Lipinski definition) is 1. The van der Waals surface area contributed by atoms with Gasteiger partial charge in [0, 0.05) is 18.7 Å². The second-order valence-electron chi connectivity index (χ2n) is 8.35. The van der Waals surface area contributed by atoms with Crippen LogP contribution in [0.15, 0.2) is 33.3 Å². The summed E-state index contributed by atoms with van der Waals surface area (Å²) in [5.41, 5.74) is -1.85. The van der Waals surface area contributed by atoms with E-state index in [1.807, 2.05) is 27.7 Å². The predicted octanol–water partition coefficient (Wildman–Crippen LogP) is 5.53. The number of nitrogens with one attached hydrogen (secondary N) is 1. The Kier molecular flexibility index (Phi) is 7.92. The Hall–Kier alpha value is -1.82. The molecule has 32 heavy (non-hydrogen) atoms. The lowest BCUT2D eigenvalue weighted by Crippen LogP contribution is -2.44. The van der Waals surface area contributed by atoms with Crippen molar-refractivity contribution in [3.63, 3.8) is 0 Å². The lowest BCUT2D eigenvalue weighted by atomic mass is 9.76. The Morgan fingerprint density at radius 1 is 1.12 bits per heavy atom. The van der Waals surface area contributed by atoms with Crippen LogP contribution in [-0.2, 0) is 9.31 Å². The zero-order valence-electron chi connectivity index (χ0n) is 18.7. The van der Waals surface area contributed by atoms with Crippen LogP contribution < -0.4 is 5.32 Å². The summed E-state index contributed by atoms with van der Waals surface area (Å²) in [7, 11) is -0.807. The van der Waals surface area contributed by atoms with Gasteiger partial charge < -0.3 is 14.6 Å². The second kappa shape index (κ2) is 9.58. The first-order chi connectivity index (χ1) is 14.6. The van der Waals surface area contributed by atoms with E-state index in [0.29, 0.717) is 18.3 Å². The van der Waals surface area contributed by atoms with Crippen LogP contribution >= 0.6 is 0 Å². The molecule has 12 heteroatoms. The van der Waals surface area contributed by atoms with E-state index in [4.69, 9.17) is 9.31 Å². The van der Waals surface area contributed by atoms with Gasteiger partial charge in [-0.3, -0.25) is 4.99 Å². The maximum Gasteiger partial charge on any atom is 0.490 e. The highest BCUT2D eigenvalue weighted by Gasteiger charge is 2.53. The highest BCUT2D eigenvalue weighted by molar-refractivity contribution is 6.54. The number of halogens is 6. The number of aliphatic imine (C=N–C) groups is 2. The van der Waals surface area contributed by atoms with Crippen molar-refractivity contribution in [2.24, 2.45) is 9.98 Å². The van der Waals surface area contributed by atoms with E-state index in [0.717, 1.165) is 6.08 Å². The molecule has 2 aliphatic rings. The first-order valence-electron chi connectivity index (χ1n) is 10.4. The van der Waals surface area contributed by atoms with E-state index in [-0.39, 0.29) is 18.7 Å². The van der Waals surface area contributed by atoms with Gasteiger partial charge in [-0.25, -0.2) is 4.99 Å². The van der Waals surface area contributed by atoms with Crippen molar-refractivity contribution in [3.8, 4) is 0 Å². The van der Waals surface area contributed by atoms with Crippen molar-refractivity contribution in [2.45, 2.75) is 83.9 Å². The summed E-state index contributed by atoms with van der Waals surface area (Å²) >= 11 is 0. The number of allylic oxidation sites excluding steroid dienone is 3. The first-order valence-corrected chi connectivity index (χ1v) is 10.4. The van der Waals surface area contributed by atoms with Crippen LogP contribution in [0.5, 0.6) is 0 Å². The third kappa shape index (κ3) is 6.60. The second-order valence-corrected chi connectivity index (χ2v) is 8.35. The molecule has 0 radical (unpaired) electrons. The molecule has 2 rings (SSSR count). The highest BCUT2D eigenvalue weighted by Crippen LogP contribution is 2.41. The van der Waals surface area contributed by atoms with Crippen molar-refractivity contribution < 1.29 is 35.7 Å². The number of alkyl halides is 6. The van der Waals surface area contributed by atoms with E-state index in [1.54, 1.807) is 6.92 Å². The normalized spacial score (nSPS) is 25.0. The summed E-state index contributed by atoms with van der Waals surface area (Å²) in [6.07, 6.45) is -7.53. The van der Waals surface area contributed by atoms with Gasteiger partial charge in [0.15, 0.2) is 0 Å². The Morgan fingerprint density at radius 2 is 1.78 bits per heavy atom. The van der Waals surface area contributed by atoms with E-state index in [2.05, 4.69) is 15.3 Å². The lowest BCUT2D eigenvalue weighted by Gasteiger charge is -2.35. The highest BCUT2D eigenvalue weighted by atomic mass is 19.4. The maximum atomic E-state index is 13.0. The van der Waals surface area contributed by atoms with E-state index >= 15 is 0 Å². The third-order valence-electron chi connectivity index (χ3n) is 5.76. The quantitative estimate of drug-likeness (QED) is 0.318. The lowest BCUT2D eigenvalue weighted by molar-refractivity contribution is -0.125. The van der Waals surface area contributed by atoms with Gasteiger partial charge in [0.05, 0.1) is 17.6 Å². The predicted molar refractivity (Wildman–Crippen MR) is 111 cm³/mol. The molecule has 0 aromatic rings. The molecule has 5 nitrogen and oxygen atoms in total. The number of rotatable bonds is 6. The molecule has 1 saturated heterocycles. The molecule has 180 valence electrons. The number of nitrogens with zero attached hydrogens (tertiary/aromatic N) is 2. The van der Waals surface area contributed by atoms with Crippen molar-refractivity contribution in [2.75, 3.05) is 6.54 Å². The van der Waals surface area contributed by atoms with Gasteiger partial charge in [-0.2, -0.15) is 26.3 Å². The van der Waals surface area contributed by atoms with Gasteiger partial charge in [-0.1, -0.05) is 19.9 Å². The van der Waals surface area contributed by atoms with Crippen LogP contribution in [0.2, 0.25) is 0 Å². The third-order valence-corrected chi connectivity index (χ3v) is 5.76. The Morgan fingerprint density at radius 3 is 2.28 bits per heavy atom. The standard InChI is InChI=1S/C20H28BF6N3O2/c1-6-13(21-31-17(3,4)18(5,7-2)32-21)12-14(8-10-19(22,23)24)29-16-28-11-9-15(30-16)20(25,26)27/h8,12H,6-7,9-11H2,1-5H3,(H,28,29)/b13-12+,14-8+. The molecule has 0 spiro atoms. The van der Waals surface area contributed by atoms with Gasteiger partial charge in [0.1, 0.15) is 5.71 Å². The molecule has 2 heterocycles. The largest absolute Gasteiger partial charge is 0.490 e. The summed E-state index contributed by atoms with van der Waals surface area (Å²) in [6.45, 7) is 9.18. The Labute approximate surface area is 184 Å². The van der Waals surface area contributed by atoms with Gasteiger partial charge in [-0.05, 0) is 45.2 Å². The van der Waals surface area contributed by atoms with Gasteiger partial charge in [-0.15, -0.1) is 0 Å². The van der Waals surface area contributed by atoms with Crippen molar-refractivity contribution in [3.05, 3.63) is 23.3 Å². The van der Waals surface area contributed by atoms with Crippen LogP contribution in [0.3, 0.4) is 0 Å². The molecule has 1 atom stereocenters.